The van der Waals surface area contributed by atoms with Crippen LogP contribution in [0.3, 0.4) is 0 Å². The topological polar surface area (TPSA) is 83.2 Å². The number of halogens is 6. The van der Waals surface area contributed by atoms with Gasteiger partial charge < -0.3 is 4.74 Å². The van der Waals surface area contributed by atoms with E-state index in [1.54, 1.807) is 0 Å². The van der Waals surface area contributed by atoms with Gasteiger partial charge in [0.05, 0.1) is 21.8 Å². The molecule has 3 aromatic rings. The molecule has 0 saturated heterocycles. The number of hydrogen-bond acceptors (Lipinski definition) is 6. The third-order valence-corrected chi connectivity index (χ3v) is 6.21. The number of carbonyl (C=O) groups is 1. The number of nitrogens with zero attached hydrogens (tertiary/aromatic N) is 3. The number of carbonyl (C=O) groups excluding carboxylic acids is 1. The summed E-state index contributed by atoms with van der Waals surface area (Å²) >= 11 is 6.80. The number of ketones is 1. The fourth-order valence-electron chi connectivity index (χ4n) is 2.83. The monoisotopic (exact) mass is 535 g/mol. The lowest BCUT2D eigenvalue weighted by Crippen LogP contribution is -2.41. The Bertz CT molecular complexity index is 1440. The Hall–Kier alpha value is -3.19. The Morgan fingerprint density at radius 2 is 1.80 bits per heavy atom. The average molecular weight is 536 g/mol. The van der Waals surface area contributed by atoms with E-state index in [-0.39, 0.29) is 41.7 Å². The van der Waals surface area contributed by atoms with Crippen molar-refractivity contribution in [1.29, 1.82) is 0 Å². The summed E-state index contributed by atoms with van der Waals surface area (Å²) in [5, 5.41) is -0.220. The van der Waals surface area contributed by atoms with Crippen molar-refractivity contribution >= 4 is 29.1 Å². The maximum absolute atomic E-state index is 14.7. The standard InChI is InChI=1S/C21H15ClF5N3O4S/c1-9(31)10(2)34-19-16(4-11(23)8-28-19)35-15-6-14(13(24)5-12(15)22)30-18(32)7-17(21(25,26)27)29(3)20(30)33/h4-8,10H,1-3H3. The minimum absolute atomic E-state index is 0.00959. The molecule has 3 rings (SSSR count). The first-order chi connectivity index (χ1) is 16.2. The minimum atomic E-state index is -5.00. The highest BCUT2D eigenvalue weighted by Crippen LogP contribution is 2.39. The number of benzene rings is 1. The second-order valence-electron chi connectivity index (χ2n) is 7.21. The smallest absolute Gasteiger partial charge is 0.431 e. The molecule has 0 aliphatic rings. The molecule has 0 aliphatic carbocycles. The average Bonchev–Trinajstić information content (AvgIpc) is 2.74. The Labute approximate surface area is 203 Å². The summed E-state index contributed by atoms with van der Waals surface area (Å²) in [5.41, 5.74) is -5.07. The van der Waals surface area contributed by atoms with Gasteiger partial charge in [-0.25, -0.2) is 23.1 Å². The zero-order valence-electron chi connectivity index (χ0n) is 18.1. The van der Waals surface area contributed by atoms with Gasteiger partial charge in [-0.15, -0.1) is 0 Å². The summed E-state index contributed by atoms with van der Waals surface area (Å²) < 4.78 is 73.8. The van der Waals surface area contributed by atoms with Crippen molar-refractivity contribution in [2.24, 2.45) is 7.05 Å². The normalized spacial score (nSPS) is 12.5. The van der Waals surface area contributed by atoms with E-state index < -0.39 is 46.5 Å². The SMILES string of the molecule is CC(=O)C(C)Oc1ncc(F)cc1Sc1cc(-n2c(=O)cc(C(F)(F)F)n(C)c2=O)c(F)cc1Cl. The Morgan fingerprint density at radius 1 is 1.14 bits per heavy atom. The number of alkyl halides is 3. The van der Waals surface area contributed by atoms with Crippen LogP contribution < -0.4 is 16.0 Å². The molecule has 35 heavy (non-hydrogen) atoms. The summed E-state index contributed by atoms with van der Waals surface area (Å²) in [7, 11) is 0.781. The van der Waals surface area contributed by atoms with E-state index in [9.17, 15) is 36.3 Å². The van der Waals surface area contributed by atoms with E-state index in [0.29, 0.717) is 11.8 Å². The predicted molar refractivity (Wildman–Crippen MR) is 116 cm³/mol. The van der Waals surface area contributed by atoms with E-state index in [1.807, 2.05) is 0 Å². The van der Waals surface area contributed by atoms with Crippen LogP contribution >= 0.6 is 23.4 Å². The van der Waals surface area contributed by atoms with Crippen LogP contribution in [0, 0.1) is 11.6 Å². The summed E-state index contributed by atoms with van der Waals surface area (Å²) in [4.78, 5) is 40.3. The molecule has 0 bridgehead atoms. The quantitative estimate of drug-likeness (QED) is 0.435. The number of ether oxygens (including phenoxy) is 1. The van der Waals surface area contributed by atoms with Gasteiger partial charge in [-0.3, -0.25) is 14.2 Å². The van der Waals surface area contributed by atoms with Gasteiger partial charge in [-0.1, -0.05) is 23.4 Å². The van der Waals surface area contributed by atoms with E-state index >= 15 is 0 Å². The van der Waals surface area contributed by atoms with E-state index in [4.69, 9.17) is 16.3 Å². The lowest BCUT2D eigenvalue weighted by molar-refractivity contribution is -0.144. The van der Waals surface area contributed by atoms with Crippen molar-refractivity contribution in [3.63, 3.8) is 0 Å². The van der Waals surface area contributed by atoms with Crippen molar-refractivity contribution < 1.29 is 31.5 Å². The van der Waals surface area contributed by atoms with Crippen molar-refractivity contribution in [3.05, 3.63) is 73.7 Å². The van der Waals surface area contributed by atoms with Crippen LogP contribution in [0.2, 0.25) is 5.02 Å². The van der Waals surface area contributed by atoms with Crippen LogP contribution in [0.15, 0.2) is 49.8 Å². The van der Waals surface area contributed by atoms with Gasteiger partial charge in [0.2, 0.25) is 5.88 Å². The molecule has 2 heterocycles. The summed E-state index contributed by atoms with van der Waals surface area (Å²) in [6.07, 6.45) is -5.08. The van der Waals surface area contributed by atoms with Crippen molar-refractivity contribution in [3.8, 4) is 11.6 Å². The first-order valence-corrected chi connectivity index (χ1v) is 10.8. The molecule has 2 aromatic heterocycles. The maximum atomic E-state index is 14.7. The Morgan fingerprint density at radius 3 is 2.40 bits per heavy atom. The molecule has 0 N–H and O–H groups in total. The van der Waals surface area contributed by atoms with Crippen LogP contribution in [0.5, 0.6) is 5.88 Å². The van der Waals surface area contributed by atoms with Crippen LogP contribution in [-0.2, 0) is 18.0 Å². The maximum Gasteiger partial charge on any atom is 0.431 e. The molecule has 7 nitrogen and oxygen atoms in total. The molecule has 0 radical (unpaired) electrons. The molecule has 1 unspecified atom stereocenters. The number of Topliss-reactive ketones (excluding diaryl/α,β-unsaturated/α-hetero) is 1. The minimum Gasteiger partial charge on any atom is -0.466 e. The van der Waals surface area contributed by atoms with Gasteiger partial charge in [-0.2, -0.15) is 13.2 Å². The predicted octanol–water partition coefficient (Wildman–Crippen LogP) is 4.39. The number of rotatable bonds is 6. The van der Waals surface area contributed by atoms with Crippen LogP contribution in [0.4, 0.5) is 22.0 Å². The van der Waals surface area contributed by atoms with Gasteiger partial charge >= 0.3 is 11.9 Å². The largest absolute Gasteiger partial charge is 0.466 e. The van der Waals surface area contributed by atoms with Crippen molar-refractivity contribution in [1.82, 2.24) is 14.1 Å². The van der Waals surface area contributed by atoms with Gasteiger partial charge in [0.1, 0.15) is 17.3 Å². The van der Waals surface area contributed by atoms with Crippen molar-refractivity contribution in [2.75, 3.05) is 0 Å². The highest BCUT2D eigenvalue weighted by molar-refractivity contribution is 7.99. The highest BCUT2D eigenvalue weighted by atomic mass is 35.5. The van der Waals surface area contributed by atoms with Crippen LogP contribution in [0.1, 0.15) is 19.5 Å². The fourth-order valence-corrected chi connectivity index (χ4v) is 4.02. The molecular formula is C21H15ClF5N3O4S. The zero-order chi connectivity index (χ0) is 26.2. The summed E-state index contributed by atoms with van der Waals surface area (Å²) in [6.45, 7) is 2.71. The molecule has 186 valence electrons. The third-order valence-electron chi connectivity index (χ3n) is 4.72. The molecule has 0 spiro atoms. The molecule has 1 atom stereocenters. The molecule has 1 aromatic carbocycles. The Balaban J connectivity index is 2.15. The van der Waals surface area contributed by atoms with E-state index in [0.717, 1.165) is 31.4 Å². The van der Waals surface area contributed by atoms with Gasteiger partial charge in [0, 0.05) is 18.0 Å². The fraction of sp³-hybridized carbons (Fsp3) is 0.238. The molecule has 0 saturated carbocycles. The van der Waals surface area contributed by atoms with Gasteiger partial charge in [0.15, 0.2) is 11.9 Å². The zero-order valence-corrected chi connectivity index (χ0v) is 19.7. The molecule has 0 fully saturated rings. The highest BCUT2D eigenvalue weighted by Gasteiger charge is 2.35. The second kappa shape index (κ2) is 9.82. The van der Waals surface area contributed by atoms with E-state index in [2.05, 4.69) is 4.98 Å². The summed E-state index contributed by atoms with van der Waals surface area (Å²) in [5.74, 6) is -2.44. The summed E-state index contributed by atoms with van der Waals surface area (Å²) in [6, 6.07) is 2.85. The van der Waals surface area contributed by atoms with Gasteiger partial charge in [0.25, 0.3) is 5.56 Å². The lowest BCUT2D eigenvalue weighted by atomic mass is 10.3. The number of aromatic nitrogens is 3. The molecular weight excluding hydrogens is 521 g/mol. The number of pyridine rings is 1. The van der Waals surface area contributed by atoms with Crippen LogP contribution in [-0.4, -0.2) is 26.0 Å². The second-order valence-corrected chi connectivity index (χ2v) is 8.70. The Kier molecular flexibility index (Phi) is 7.41. The van der Waals surface area contributed by atoms with Crippen molar-refractivity contribution in [2.45, 2.75) is 35.9 Å². The molecule has 0 aliphatic heterocycles. The molecule has 0 amide bonds. The van der Waals surface area contributed by atoms with E-state index in [1.165, 1.54) is 13.8 Å². The molecule has 14 heteroatoms. The number of hydrogen-bond donors (Lipinski definition) is 0. The third kappa shape index (κ3) is 5.56. The first kappa shape index (κ1) is 26.4. The van der Waals surface area contributed by atoms with Gasteiger partial charge in [-0.05, 0) is 32.0 Å². The first-order valence-electron chi connectivity index (χ1n) is 9.61. The lowest BCUT2D eigenvalue weighted by Gasteiger charge is -2.16. The van der Waals surface area contributed by atoms with Crippen LogP contribution in [0.25, 0.3) is 5.69 Å².